The Balaban J connectivity index is 2.18. The van der Waals surface area contributed by atoms with Gasteiger partial charge in [-0.15, -0.1) is 0 Å². The minimum absolute atomic E-state index is 0.0180. The molecule has 120 valence electrons. The summed E-state index contributed by atoms with van der Waals surface area (Å²) >= 11 is 0. The van der Waals surface area contributed by atoms with E-state index in [0.29, 0.717) is 22.6 Å². The molecule has 0 aliphatic carbocycles. The summed E-state index contributed by atoms with van der Waals surface area (Å²) in [5.41, 5.74) is 1.89. The second kappa shape index (κ2) is 7.45. The fourth-order valence-electron chi connectivity index (χ4n) is 2.14. The molecule has 0 aliphatic rings. The molecule has 5 heteroatoms. The zero-order valence-corrected chi connectivity index (χ0v) is 13.4. The third-order valence-electron chi connectivity index (χ3n) is 3.40. The van der Waals surface area contributed by atoms with Crippen LogP contribution in [-0.2, 0) is 6.61 Å². The van der Waals surface area contributed by atoms with Crippen LogP contribution in [0, 0.1) is 0 Å². The molecular formula is C18H19NO4. The number of hydrogen-bond donors (Lipinski definition) is 1. The average Bonchev–Trinajstić information content (AvgIpc) is 2.59. The minimum Gasteiger partial charge on any atom is -0.496 e. The number of Topliss-reactive ketones (excluding diaryl/α,β-unsaturated/α-hetero) is 1. The monoisotopic (exact) mass is 313 g/mol. The van der Waals surface area contributed by atoms with Gasteiger partial charge in [-0.2, -0.15) is 0 Å². The van der Waals surface area contributed by atoms with Gasteiger partial charge >= 0.3 is 0 Å². The van der Waals surface area contributed by atoms with Crippen LogP contribution < -0.4 is 14.8 Å². The number of carbonyl (C=O) groups is 2. The first-order valence-electron chi connectivity index (χ1n) is 7.18. The number of rotatable bonds is 6. The predicted molar refractivity (Wildman–Crippen MR) is 87.2 cm³/mol. The predicted octanol–water partition coefficient (Wildman–Crippen LogP) is 2.84. The summed E-state index contributed by atoms with van der Waals surface area (Å²) < 4.78 is 11.0. The Labute approximate surface area is 135 Å². The summed E-state index contributed by atoms with van der Waals surface area (Å²) in [4.78, 5) is 23.1. The Bertz CT molecular complexity index is 725. The van der Waals surface area contributed by atoms with Crippen LogP contribution in [0.4, 0.5) is 0 Å². The first kappa shape index (κ1) is 16.5. The number of ether oxygens (including phenoxy) is 2. The van der Waals surface area contributed by atoms with Crippen LogP contribution in [-0.4, -0.2) is 25.8 Å². The molecule has 2 aromatic carbocycles. The minimum atomic E-state index is -0.174. The van der Waals surface area contributed by atoms with Crippen molar-refractivity contribution in [2.45, 2.75) is 13.5 Å². The van der Waals surface area contributed by atoms with E-state index in [9.17, 15) is 9.59 Å². The highest BCUT2D eigenvalue weighted by molar-refractivity contribution is 5.94. The molecule has 2 aromatic rings. The van der Waals surface area contributed by atoms with Crippen LogP contribution in [0.15, 0.2) is 42.5 Å². The maximum absolute atomic E-state index is 11.6. The van der Waals surface area contributed by atoms with Gasteiger partial charge in [-0.1, -0.05) is 6.07 Å². The Morgan fingerprint density at radius 3 is 2.52 bits per heavy atom. The van der Waals surface area contributed by atoms with Gasteiger partial charge in [0.05, 0.1) is 7.11 Å². The smallest absolute Gasteiger partial charge is 0.251 e. The van der Waals surface area contributed by atoms with Crippen LogP contribution in [0.25, 0.3) is 0 Å². The molecule has 0 heterocycles. The van der Waals surface area contributed by atoms with E-state index >= 15 is 0 Å². The fraction of sp³-hybridized carbons (Fsp3) is 0.222. The second-order valence-electron chi connectivity index (χ2n) is 4.98. The molecule has 23 heavy (non-hydrogen) atoms. The van der Waals surface area contributed by atoms with Crippen LogP contribution >= 0.6 is 0 Å². The molecule has 0 aromatic heterocycles. The number of methoxy groups -OCH3 is 1. The van der Waals surface area contributed by atoms with Crippen molar-refractivity contribution in [3.8, 4) is 11.5 Å². The van der Waals surface area contributed by atoms with E-state index in [4.69, 9.17) is 9.47 Å². The number of benzene rings is 2. The third-order valence-corrected chi connectivity index (χ3v) is 3.40. The highest BCUT2D eigenvalue weighted by Crippen LogP contribution is 2.23. The molecule has 0 fully saturated rings. The van der Waals surface area contributed by atoms with Crippen molar-refractivity contribution >= 4 is 11.7 Å². The molecule has 0 radical (unpaired) electrons. The standard InChI is InChI=1S/C18H19NO4/c1-12(20)13-7-8-17(22-3)15(9-13)11-23-16-6-4-5-14(10-16)18(21)19-2/h4-10H,11H2,1-3H3,(H,19,21). The lowest BCUT2D eigenvalue weighted by molar-refractivity contribution is 0.0961. The zero-order chi connectivity index (χ0) is 16.8. The van der Waals surface area contributed by atoms with Gasteiger partial charge in [-0.05, 0) is 43.3 Å². The molecule has 5 nitrogen and oxygen atoms in total. The van der Waals surface area contributed by atoms with Crippen molar-refractivity contribution < 1.29 is 19.1 Å². The normalized spacial score (nSPS) is 10.0. The lowest BCUT2D eigenvalue weighted by atomic mass is 10.1. The number of carbonyl (C=O) groups excluding carboxylic acids is 2. The van der Waals surface area contributed by atoms with E-state index in [2.05, 4.69) is 5.32 Å². The van der Waals surface area contributed by atoms with Gasteiger partial charge in [0.25, 0.3) is 5.91 Å². The summed E-state index contributed by atoms with van der Waals surface area (Å²) in [6, 6.07) is 12.1. The Hall–Kier alpha value is -2.82. The fourth-order valence-corrected chi connectivity index (χ4v) is 2.14. The first-order valence-corrected chi connectivity index (χ1v) is 7.18. The first-order chi connectivity index (χ1) is 11.0. The molecule has 0 atom stereocenters. The van der Waals surface area contributed by atoms with Crippen molar-refractivity contribution in [2.75, 3.05) is 14.2 Å². The van der Waals surface area contributed by atoms with E-state index in [0.717, 1.165) is 5.56 Å². The molecule has 0 unspecified atom stereocenters. The molecule has 0 bridgehead atoms. The van der Waals surface area contributed by atoms with E-state index in [1.54, 1.807) is 56.6 Å². The average molecular weight is 313 g/mol. The number of ketones is 1. The maximum Gasteiger partial charge on any atom is 0.251 e. The van der Waals surface area contributed by atoms with Crippen LogP contribution in [0.3, 0.4) is 0 Å². The van der Waals surface area contributed by atoms with Crippen molar-refractivity contribution in [2.24, 2.45) is 0 Å². The number of hydrogen-bond acceptors (Lipinski definition) is 4. The highest BCUT2D eigenvalue weighted by atomic mass is 16.5. The molecular weight excluding hydrogens is 294 g/mol. The lowest BCUT2D eigenvalue weighted by Gasteiger charge is -2.12. The summed E-state index contributed by atoms with van der Waals surface area (Å²) in [6.45, 7) is 1.75. The quantitative estimate of drug-likeness (QED) is 0.833. The van der Waals surface area contributed by atoms with Crippen LogP contribution in [0.5, 0.6) is 11.5 Å². The van der Waals surface area contributed by atoms with Crippen molar-refractivity contribution in [3.05, 3.63) is 59.2 Å². The van der Waals surface area contributed by atoms with Gasteiger partial charge in [0.1, 0.15) is 18.1 Å². The Morgan fingerprint density at radius 1 is 1.09 bits per heavy atom. The molecule has 1 N–H and O–H groups in total. The molecule has 0 saturated heterocycles. The molecule has 1 amide bonds. The Kier molecular flexibility index (Phi) is 5.36. The van der Waals surface area contributed by atoms with E-state index in [1.165, 1.54) is 6.92 Å². The van der Waals surface area contributed by atoms with Crippen LogP contribution in [0.1, 0.15) is 33.2 Å². The van der Waals surface area contributed by atoms with Crippen molar-refractivity contribution in [1.82, 2.24) is 5.32 Å². The van der Waals surface area contributed by atoms with Crippen LogP contribution in [0.2, 0.25) is 0 Å². The second-order valence-corrected chi connectivity index (χ2v) is 4.98. The van der Waals surface area contributed by atoms with Crippen molar-refractivity contribution in [1.29, 1.82) is 0 Å². The molecule has 0 spiro atoms. The van der Waals surface area contributed by atoms with E-state index < -0.39 is 0 Å². The van der Waals surface area contributed by atoms with Gasteiger partial charge in [0.15, 0.2) is 5.78 Å². The summed E-state index contributed by atoms with van der Waals surface area (Å²) in [5.74, 6) is 1.03. The number of nitrogens with one attached hydrogen (secondary N) is 1. The van der Waals surface area contributed by atoms with E-state index in [-0.39, 0.29) is 18.3 Å². The van der Waals surface area contributed by atoms with Gasteiger partial charge in [0.2, 0.25) is 0 Å². The SMILES string of the molecule is CNC(=O)c1cccc(OCc2cc(C(C)=O)ccc2OC)c1. The maximum atomic E-state index is 11.6. The number of amides is 1. The summed E-state index contributed by atoms with van der Waals surface area (Å²) in [7, 11) is 3.15. The topological polar surface area (TPSA) is 64.6 Å². The Morgan fingerprint density at radius 2 is 1.87 bits per heavy atom. The summed E-state index contributed by atoms with van der Waals surface area (Å²) in [5, 5.41) is 2.57. The third kappa shape index (κ3) is 4.10. The van der Waals surface area contributed by atoms with Gasteiger partial charge in [0, 0.05) is 23.7 Å². The largest absolute Gasteiger partial charge is 0.496 e. The van der Waals surface area contributed by atoms with Crippen molar-refractivity contribution in [3.63, 3.8) is 0 Å². The lowest BCUT2D eigenvalue weighted by Crippen LogP contribution is -2.17. The van der Waals surface area contributed by atoms with Gasteiger partial charge < -0.3 is 14.8 Å². The summed E-state index contributed by atoms with van der Waals surface area (Å²) in [6.07, 6.45) is 0. The van der Waals surface area contributed by atoms with Gasteiger partial charge in [-0.3, -0.25) is 9.59 Å². The molecule has 2 rings (SSSR count). The van der Waals surface area contributed by atoms with E-state index in [1.807, 2.05) is 0 Å². The highest BCUT2D eigenvalue weighted by Gasteiger charge is 2.09. The molecule has 0 aliphatic heterocycles. The van der Waals surface area contributed by atoms with Gasteiger partial charge in [-0.25, -0.2) is 0 Å². The zero-order valence-electron chi connectivity index (χ0n) is 13.4. The molecule has 0 saturated carbocycles.